The fourth-order valence-electron chi connectivity index (χ4n) is 2.94. The predicted octanol–water partition coefficient (Wildman–Crippen LogP) is 2.35. The van der Waals surface area contributed by atoms with Gasteiger partial charge in [-0.3, -0.25) is 4.79 Å². The largest absolute Gasteiger partial charge is 0.368 e. The minimum Gasteiger partial charge on any atom is -0.368 e. The van der Waals surface area contributed by atoms with Crippen molar-refractivity contribution in [2.45, 2.75) is 64.0 Å². The Hall–Kier alpha value is -0.570. The molecule has 3 heteroatoms. The van der Waals surface area contributed by atoms with E-state index < -0.39 is 0 Å². The fraction of sp³-hybridized carbons (Fsp3) is 0.923. The molecule has 16 heavy (non-hydrogen) atoms. The molecule has 1 amide bonds. The normalized spacial score (nSPS) is 26.9. The lowest BCUT2D eigenvalue weighted by molar-refractivity contribution is -0.143. The Morgan fingerprint density at radius 1 is 1.19 bits per heavy atom. The van der Waals surface area contributed by atoms with Gasteiger partial charge in [0, 0.05) is 19.2 Å². The minimum absolute atomic E-state index is 0.137. The average Bonchev–Trinajstić information content (AvgIpc) is 2.85. The van der Waals surface area contributed by atoms with Crippen LogP contribution in [-0.2, 0) is 9.53 Å². The van der Waals surface area contributed by atoms with Gasteiger partial charge in [-0.1, -0.05) is 19.3 Å². The average molecular weight is 225 g/mol. The fourth-order valence-corrected chi connectivity index (χ4v) is 2.94. The molecule has 0 radical (unpaired) electrons. The predicted molar refractivity (Wildman–Crippen MR) is 63.2 cm³/mol. The molecule has 0 bridgehead atoms. The molecule has 1 aliphatic carbocycles. The molecule has 2 fully saturated rings. The lowest BCUT2D eigenvalue weighted by Gasteiger charge is -2.34. The molecule has 3 nitrogen and oxygen atoms in total. The molecular formula is C13H23NO2. The summed E-state index contributed by atoms with van der Waals surface area (Å²) in [6.07, 6.45) is 8.09. The van der Waals surface area contributed by atoms with Crippen molar-refractivity contribution in [3.63, 3.8) is 0 Å². The molecule has 1 saturated carbocycles. The number of hydrogen-bond acceptors (Lipinski definition) is 2. The molecule has 0 aromatic rings. The quantitative estimate of drug-likeness (QED) is 0.738. The van der Waals surface area contributed by atoms with Gasteiger partial charge < -0.3 is 9.64 Å². The Morgan fingerprint density at radius 2 is 1.94 bits per heavy atom. The smallest absolute Gasteiger partial charge is 0.251 e. The number of nitrogens with zero attached hydrogens (tertiary/aromatic N) is 1. The van der Waals surface area contributed by atoms with Crippen LogP contribution in [0.1, 0.15) is 51.9 Å². The molecule has 0 spiro atoms. The number of rotatable bonds is 3. The number of carbonyl (C=O) groups is 1. The number of ether oxygens (including phenoxy) is 1. The van der Waals surface area contributed by atoms with E-state index in [9.17, 15) is 4.79 Å². The molecule has 2 aliphatic rings. The zero-order valence-corrected chi connectivity index (χ0v) is 10.3. The third-order valence-electron chi connectivity index (χ3n) is 3.84. The van der Waals surface area contributed by atoms with Crippen molar-refractivity contribution in [3.8, 4) is 0 Å². The van der Waals surface area contributed by atoms with Gasteiger partial charge in [-0.05, 0) is 32.6 Å². The van der Waals surface area contributed by atoms with Gasteiger partial charge in [-0.15, -0.1) is 0 Å². The summed E-state index contributed by atoms with van der Waals surface area (Å²) in [6, 6.07) is 0.482. The van der Waals surface area contributed by atoms with E-state index in [1.165, 1.54) is 32.1 Å². The minimum atomic E-state index is -0.137. The highest BCUT2D eigenvalue weighted by atomic mass is 16.5. The van der Waals surface area contributed by atoms with Crippen molar-refractivity contribution in [3.05, 3.63) is 0 Å². The number of amides is 1. The van der Waals surface area contributed by atoms with Gasteiger partial charge in [-0.25, -0.2) is 0 Å². The topological polar surface area (TPSA) is 29.5 Å². The van der Waals surface area contributed by atoms with E-state index in [4.69, 9.17) is 4.74 Å². The summed E-state index contributed by atoms with van der Waals surface area (Å²) in [6.45, 7) is 3.68. The molecule has 1 atom stereocenters. The molecule has 1 heterocycles. The van der Waals surface area contributed by atoms with Crippen LogP contribution in [-0.4, -0.2) is 36.1 Å². The van der Waals surface area contributed by atoms with E-state index in [1.54, 1.807) is 0 Å². The molecular weight excluding hydrogens is 202 g/mol. The lowest BCUT2D eigenvalue weighted by Crippen LogP contribution is -2.46. The number of likely N-dealkylation sites (N-methyl/N-ethyl adjacent to an activating group) is 1. The van der Waals surface area contributed by atoms with Crippen molar-refractivity contribution < 1.29 is 9.53 Å². The highest BCUT2D eigenvalue weighted by molar-refractivity contribution is 5.81. The van der Waals surface area contributed by atoms with Gasteiger partial charge in [0.2, 0.25) is 0 Å². The summed E-state index contributed by atoms with van der Waals surface area (Å²) < 4.78 is 5.50. The Labute approximate surface area is 98.1 Å². The number of carbonyl (C=O) groups excluding carboxylic acids is 1. The summed E-state index contributed by atoms with van der Waals surface area (Å²) in [4.78, 5) is 14.3. The van der Waals surface area contributed by atoms with Crippen LogP contribution in [0.25, 0.3) is 0 Å². The van der Waals surface area contributed by atoms with Crippen LogP contribution in [0.2, 0.25) is 0 Å². The first-order valence-corrected chi connectivity index (χ1v) is 6.75. The zero-order valence-electron chi connectivity index (χ0n) is 10.3. The Kier molecular flexibility index (Phi) is 4.22. The molecule has 1 saturated heterocycles. The Balaban J connectivity index is 1.94. The highest BCUT2D eigenvalue weighted by Crippen LogP contribution is 2.24. The first kappa shape index (κ1) is 11.9. The summed E-state index contributed by atoms with van der Waals surface area (Å²) in [5.74, 6) is 0.243. The van der Waals surface area contributed by atoms with Crippen molar-refractivity contribution in [1.29, 1.82) is 0 Å². The first-order chi connectivity index (χ1) is 7.83. The standard InChI is InChI=1S/C13H23NO2/c1-2-14(11-7-4-3-5-8-11)13(15)12-9-6-10-16-12/h11-12H,2-10H2,1H3/t12-/m1/s1. The van der Waals surface area contributed by atoms with Crippen LogP contribution < -0.4 is 0 Å². The maximum Gasteiger partial charge on any atom is 0.251 e. The van der Waals surface area contributed by atoms with Crippen molar-refractivity contribution in [1.82, 2.24) is 4.90 Å². The third-order valence-corrected chi connectivity index (χ3v) is 3.84. The van der Waals surface area contributed by atoms with E-state index >= 15 is 0 Å². The van der Waals surface area contributed by atoms with E-state index in [-0.39, 0.29) is 12.0 Å². The maximum atomic E-state index is 12.3. The van der Waals surface area contributed by atoms with Crippen molar-refractivity contribution in [2.24, 2.45) is 0 Å². The molecule has 92 valence electrons. The SMILES string of the molecule is CCN(C(=O)[C@H]1CCCO1)C1CCCCC1. The van der Waals surface area contributed by atoms with Crippen LogP contribution in [0.4, 0.5) is 0 Å². The van der Waals surface area contributed by atoms with Crippen molar-refractivity contribution in [2.75, 3.05) is 13.2 Å². The van der Waals surface area contributed by atoms with Gasteiger partial charge >= 0.3 is 0 Å². The monoisotopic (exact) mass is 225 g/mol. The second-order valence-electron chi connectivity index (χ2n) is 4.92. The second kappa shape index (κ2) is 5.67. The van der Waals surface area contributed by atoms with Gasteiger partial charge in [0.25, 0.3) is 5.91 Å². The highest BCUT2D eigenvalue weighted by Gasteiger charge is 2.31. The summed E-state index contributed by atoms with van der Waals surface area (Å²) in [5.41, 5.74) is 0. The van der Waals surface area contributed by atoms with Gasteiger partial charge in [0.1, 0.15) is 6.10 Å². The van der Waals surface area contributed by atoms with E-state index in [0.29, 0.717) is 6.04 Å². The zero-order chi connectivity index (χ0) is 11.4. The Morgan fingerprint density at radius 3 is 2.50 bits per heavy atom. The lowest BCUT2D eigenvalue weighted by atomic mass is 9.93. The number of hydrogen-bond donors (Lipinski definition) is 0. The molecule has 0 N–H and O–H groups in total. The van der Waals surface area contributed by atoms with Crippen LogP contribution in [0.3, 0.4) is 0 Å². The van der Waals surface area contributed by atoms with Crippen LogP contribution >= 0.6 is 0 Å². The summed E-state index contributed by atoms with van der Waals surface area (Å²) in [5, 5.41) is 0. The van der Waals surface area contributed by atoms with Gasteiger partial charge in [0.15, 0.2) is 0 Å². The van der Waals surface area contributed by atoms with Crippen molar-refractivity contribution >= 4 is 5.91 Å². The second-order valence-corrected chi connectivity index (χ2v) is 4.92. The third kappa shape index (κ3) is 2.57. The summed E-state index contributed by atoms with van der Waals surface area (Å²) in [7, 11) is 0. The molecule has 0 aromatic heterocycles. The first-order valence-electron chi connectivity index (χ1n) is 6.75. The maximum absolute atomic E-state index is 12.3. The van der Waals surface area contributed by atoms with Gasteiger partial charge in [0.05, 0.1) is 0 Å². The molecule has 0 aromatic carbocycles. The molecule has 0 unspecified atom stereocenters. The Bertz CT molecular complexity index is 230. The van der Waals surface area contributed by atoms with E-state index in [0.717, 1.165) is 26.0 Å². The van der Waals surface area contributed by atoms with Crippen LogP contribution in [0.15, 0.2) is 0 Å². The molecule has 1 aliphatic heterocycles. The summed E-state index contributed by atoms with van der Waals surface area (Å²) >= 11 is 0. The van der Waals surface area contributed by atoms with Gasteiger partial charge in [-0.2, -0.15) is 0 Å². The van der Waals surface area contributed by atoms with E-state index in [1.807, 2.05) is 0 Å². The van der Waals surface area contributed by atoms with E-state index in [2.05, 4.69) is 11.8 Å². The van der Waals surface area contributed by atoms with Crippen LogP contribution in [0, 0.1) is 0 Å². The van der Waals surface area contributed by atoms with Crippen LogP contribution in [0.5, 0.6) is 0 Å². The molecule has 2 rings (SSSR count).